The number of ether oxygens (including phenoxy) is 1. The van der Waals surface area contributed by atoms with Gasteiger partial charge in [-0.05, 0) is 25.5 Å². The van der Waals surface area contributed by atoms with Crippen molar-refractivity contribution in [3.05, 3.63) is 28.8 Å². The van der Waals surface area contributed by atoms with Crippen molar-refractivity contribution in [2.45, 2.75) is 38.5 Å². The summed E-state index contributed by atoms with van der Waals surface area (Å²) in [6.07, 6.45) is -4.41. The molecule has 0 aromatic heterocycles. The molecule has 0 radical (unpaired) electrons. The maximum atomic E-state index is 13.1. The molecule has 2 aliphatic heterocycles. The molecule has 1 saturated heterocycles. The van der Waals surface area contributed by atoms with E-state index in [2.05, 4.69) is 5.32 Å². The molecule has 3 amide bonds. The van der Waals surface area contributed by atoms with Gasteiger partial charge in [0.15, 0.2) is 0 Å². The highest BCUT2D eigenvalue weighted by Crippen LogP contribution is 2.39. The molecule has 1 fully saturated rings. The van der Waals surface area contributed by atoms with Gasteiger partial charge in [-0.15, -0.1) is 0 Å². The van der Waals surface area contributed by atoms with E-state index in [-0.39, 0.29) is 37.3 Å². The zero-order valence-electron chi connectivity index (χ0n) is 13.3. The highest BCUT2D eigenvalue weighted by atomic mass is 19.4. The summed E-state index contributed by atoms with van der Waals surface area (Å²) in [6, 6.07) is 0.761. The molecule has 2 aliphatic rings. The van der Waals surface area contributed by atoms with Crippen LogP contribution in [-0.2, 0) is 22.3 Å². The molecule has 1 aromatic carbocycles. The minimum Gasteiger partial charge on any atom is -0.493 e. The second-order valence-electron chi connectivity index (χ2n) is 5.83. The number of hydrogen-bond acceptors (Lipinski definition) is 4. The average molecular weight is 356 g/mol. The van der Waals surface area contributed by atoms with Gasteiger partial charge in [0.1, 0.15) is 11.8 Å². The lowest BCUT2D eigenvalue weighted by Gasteiger charge is -2.29. The summed E-state index contributed by atoms with van der Waals surface area (Å²) in [7, 11) is 0. The minimum atomic E-state index is -4.62. The van der Waals surface area contributed by atoms with Gasteiger partial charge in [-0.1, -0.05) is 0 Å². The largest absolute Gasteiger partial charge is 0.493 e. The van der Waals surface area contributed by atoms with Crippen molar-refractivity contribution in [2.75, 3.05) is 6.61 Å². The Morgan fingerprint density at radius 1 is 1.28 bits per heavy atom. The Hall–Kier alpha value is -2.58. The molecule has 0 saturated carbocycles. The van der Waals surface area contributed by atoms with E-state index in [1.54, 1.807) is 6.92 Å². The van der Waals surface area contributed by atoms with Crippen molar-refractivity contribution in [3.8, 4) is 5.75 Å². The van der Waals surface area contributed by atoms with Gasteiger partial charge in [-0.2, -0.15) is 13.2 Å². The molecule has 1 unspecified atom stereocenters. The number of halogens is 3. The van der Waals surface area contributed by atoms with Gasteiger partial charge < -0.3 is 9.64 Å². The second-order valence-corrected chi connectivity index (χ2v) is 5.83. The van der Waals surface area contributed by atoms with E-state index in [0.717, 1.165) is 12.1 Å². The van der Waals surface area contributed by atoms with Gasteiger partial charge in [0, 0.05) is 17.5 Å². The molecule has 0 bridgehead atoms. The third-order valence-corrected chi connectivity index (χ3v) is 4.24. The third-order valence-electron chi connectivity index (χ3n) is 4.24. The van der Waals surface area contributed by atoms with Gasteiger partial charge in [0.05, 0.1) is 18.7 Å². The molecule has 1 N–H and O–H groups in total. The van der Waals surface area contributed by atoms with Crippen LogP contribution in [0.5, 0.6) is 5.75 Å². The van der Waals surface area contributed by atoms with Crippen LogP contribution < -0.4 is 10.1 Å². The van der Waals surface area contributed by atoms with Gasteiger partial charge in [-0.25, -0.2) is 0 Å². The maximum Gasteiger partial charge on any atom is 0.416 e. The number of alkyl halides is 3. The first-order valence-electron chi connectivity index (χ1n) is 7.74. The van der Waals surface area contributed by atoms with Crippen molar-refractivity contribution in [1.29, 1.82) is 0 Å². The molecule has 1 atom stereocenters. The molecule has 134 valence electrons. The van der Waals surface area contributed by atoms with E-state index >= 15 is 0 Å². The van der Waals surface area contributed by atoms with Gasteiger partial charge in [-0.3, -0.25) is 19.7 Å². The molecule has 3 rings (SSSR count). The number of nitrogens with one attached hydrogen (secondary N) is 1. The van der Waals surface area contributed by atoms with Crippen LogP contribution in [0.2, 0.25) is 0 Å². The Kier molecular flexibility index (Phi) is 4.18. The SMILES string of the molecule is CCOc1cc(C(F)(F)F)cc2c1CN(C1CCC(=O)NC1=O)C2=O. The number of carbonyl (C=O) groups excluding carboxylic acids is 3. The highest BCUT2D eigenvalue weighted by molar-refractivity contribution is 6.05. The summed E-state index contributed by atoms with van der Waals surface area (Å²) in [5.74, 6) is -1.74. The molecule has 0 aliphatic carbocycles. The molecule has 6 nitrogen and oxygen atoms in total. The van der Waals surface area contributed by atoms with Crippen LogP contribution in [0.25, 0.3) is 0 Å². The van der Waals surface area contributed by atoms with Crippen LogP contribution in [0.1, 0.15) is 41.3 Å². The van der Waals surface area contributed by atoms with Crippen LogP contribution in [0, 0.1) is 0 Å². The summed E-state index contributed by atoms with van der Waals surface area (Å²) in [5.41, 5.74) is -0.777. The van der Waals surface area contributed by atoms with Crippen molar-refractivity contribution in [3.63, 3.8) is 0 Å². The van der Waals surface area contributed by atoms with Crippen LogP contribution in [-0.4, -0.2) is 35.3 Å². The van der Waals surface area contributed by atoms with Gasteiger partial charge in [0.2, 0.25) is 11.8 Å². The number of nitrogens with zero attached hydrogens (tertiary/aromatic N) is 1. The lowest BCUT2D eigenvalue weighted by molar-refractivity contribution is -0.138. The normalized spacial score (nSPS) is 20.6. The maximum absolute atomic E-state index is 13.1. The van der Waals surface area contributed by atoms with Gasteiger partial charge >= 0.3 is 6.18 Å². The van der Waals surface area contributed by atoms with Crippen LogP contribution >= 0.6 is 0 Å². The summed E-state index contributed by atoms with van der Waals surface area (Å²) in [6.45, 7) is 1.73. The predicted octanol–water partition coefficient (Wildman–Crippen LogP) is 1.87. The van der Waals surface area contributed by atoms with Crippen LogP contribution in [0.15, 0.2) is 12.1 Å². The summed E-state index contributed by atoms with van der Waals surface area (Å²) >= 11 is 0. The molecule has 1 aromatic rings. The number of fused-ring (bicyclic) bond motifs is 1. The molecule has 2 heterocycles. The summed E-state index contributed by atoms with van der Waals surface area (Å²) in [4.78, 5) is 37.0. The zero-order chi connectivity index (χ0) is 18.4. The lowest BCUT2D eigenvalue weighted by atomic mass is 10.0. The van der Waals surface area contributed by atoms with E-state index in [0.29, 0.717) is 5.56 Å². The van der Waals surface area contributed by atoms with Crippen molar-refractivity contribution < 1.29 is 32.3 Å². The van der Waals surface area contributed by atoms with Crippen LogP contribution in [0.3, 0.4) is 0 Å². The number of imide groups is 1. The Morgan fingerprint density at radius 2 is 2.00 bits per heavy atom. The molecule has 0 spiro atoms. The standard InChI is InChI=1S/C16H15F3N2O4/c1-2-25-12-6-8(16(17,18)19)5-9-10(12)7-21(15(9)24)11-3-4-13(22)20-14(11)23/h5-6,11H,2-4,7H2,1H3,(H,20,22,23). The summed E-state index contributed by atoms with van der Waals surface area (Å²) in [5, 5.41) is 2.15. The smallest absolute Gasteiger partial charge is 0.416 e. The Balaban J connectivity index is 1.98. The monoisotopic (exact) mass is 356 g/mol. The topological polar surface area (TPSA) is 75.7 Å². The Morgan fingerprint density at radius 3 is 2.60 bits per heavy atom. The van der Waals surface area contributed by atoms with E-state index in [1.807, 2.05) is 0 Å². The molecule has 25 heavy (non-hydrogen) atoms. The quantitative estimate of drug-likeness (QED) is 0.839. The van der Waals surface area contributed by atoms with Crippen molar-refractivity contribution in [1.82, 2.24) is 10.2 Å². The number of hydrogen-bond donors (Lipinski definition) is 1. The van der Waals surface area contributed by atoms with Crippen molar-refractivity contribution in [2.24, 2.45) is 0 Å². The number of carbonyl (C=O) groups is 3. The third kappa shape index (κ3) is 3.06. The Bertz CT molecular complexity index is 760. The summed E-state index contributed by atoms with van der Waals surface area (Å²) < 4.78 is 44.5. The number of amides is 3. The lowest BCUT2D eigenvalue weighted by Crippen LogP contribution is -2.52. The van der Waals surface area contributed by atoms with Crippen molar-refractivity contribution >= 4 is 17.7 Å². The first-order chi connectivity index (χ1) is 11.7. The first-order valence-corrected chi connectivity index (χ1v) is 7.74. The van der Waals surface area contributed by atoms with E-state index in [4.69, 9.17) is 4.74 Å². The second kappa shape index (κ2) is 6.05. The molecular formula is C16H15F3N2O4. The first kappa shape index (κ1) is 17.2. The fraction of sp³-hybridized carbons (Fsp3) is 0.438. The number of rotatable bonds is 3. The zero-order valence-corrected chi connectivity index (χ0v) is 13.3. The average Bonchev–Trinajstić information content (AvgIpc) is 2.84. The van der Waals surface area contributed by atoms with Crippen LogP contribution in [0.4, 0.5) is 13.2 Å². The highest BCUT2D eigenvalue weighted by Gasteiger charge is 2.42. The molecular weight excluding hydrogens is 341 g/mol. The predicted molar refractivity (Wildman–Crippen MR) is 78.7 cm³/mol. The Labute approximate surface area is 140 Å². The van der Waals surface area contributed by atoms with Gasteiger partial charge in [0.25, 0.3) is 5.91 Å². The fourth-order valence-electron chi connectivity index (χ4n) is 3.08. The fourth-order valence-corrected chi connectivity index (χ4v) is 3.08. The molecule has 9 heteroatoms. The number of piperidine rings is 1. The van der Waals surface area contributed by atoms with E-state index in [9.17, 15) is 27.6 Å². The number of benzene rings is 1. The minimum absolute atomic E-state index is 0.0181. The van der Waals surface area contributed by atoms with E-state index < -0.39 is 35.5 Å². The van der Waals surface area contributed by atoms with E-state index in [1.165, 1.54) is 4.90 Å².